The largest absolute Gasteiger partial charge is 0.292 e. The second-order valence-corrected chi connectivity index (χ2v) is 6.45. The van der Waals surface area contributed by atoms with Crippen molar-refractivity contribution in [3.8, 4) is 6.07 Å². The maximum absolute atomic E-state index is 12.5. The molecule has 1 atom stereocenters. The Kier molecular flexibility index (Phi) is 5.29. The van der Waals surface area contributed by atoms with Crippen molar-refractivity contribution in [1.29, 1.82) is 5.26 Å². The van der Waals surface area contributed by atoms with Crippen LogP contribution in [0.4, 0.5) is 0 Å². The van der Waals surface area contributed by atoms with E-state index in [1.807, 2.05) is 6.07 Å². The molecule has 0 aliphatic carbocycles. The first-order valence-corrected chi connectivity index (χ1v) is 7.70. The van der Waals surface area contributed by atoms with Gasteiger partial charge in [0.25, 0.3) is 0 Å². The van der Waals surface area contributed by atoms with Gasteiger partial charge >= 0.3 is 0 Å². The molecule has 106 valence electrons. The van der Waals surface area contributed by atoms with Crippen LogP contribution in [0.2, 0.25) is 15.1 Å². The Balaban J connectivity index is 2.46. The van der Waals surface area contributed by atoms with Crippen LogP contribution in [0.25, 0.3) is 0 Å². The highest BCUT2D eigenvalue weighted by Crippen LogP contribution is 2.31. The van der Waals surface area contributed by atoms with E-state index in [4.69, 9.17) is 34.8 Å². The van der Waals surface area contributed by atoms with E-state index in [1.54, 1.807) is 24.3 Å². The van der Waals surface area contributed by atoms with Crippen LogP contribution in [0.5, 0.6) is 0 Å². The third kappa shape index (κ3) is 3.78. The Bertz CT molecular complexity index is 735. The minimum atomic E-state index is -1.01. The summed E-state index contributed by atoms with van der Waals surface area (Å²) >= 11 is 21.1. The molecule has 2 aromatic carbocycles. The number of halogens is 4. The molecule has 21 heavy (non-hydrogen) atoms. The monoisotopic (exact) mass is 401 g/mol. The fraction of sp³-hybridized carbons (Fsp3) is 0.0667. The van der Waals surface area contributed by atoms with Gasteiger partial charge < -0.3 is 0 Å². The third-order valence-corrected chi connectivity index (χ3v) is 4.05. The normalized spacial score (nSPS) is 11.8. The molecule has 2 aromatic rings. The molecule has 0 saturated carbocycles. The highest BCUT2D eigenvalue weighted by molar-refractivity contribution is 9.10. The number of nitriles is 1. The second kappa shape index (κ2) is 6.81. The number of Topliss-reactive ketones (excluding diaryl/α,β-unsaturated/α-hetero) is 1. The molecule has 0 amide bonds. The molecule has 1 unspecified atom stereocenters. The number of ketones is 1. The highest BCUT2D eigenvalue weighted by Gasteiger charge is 2.24. The number of carbonyl (C=O) groups is 1. The number of benzene rings is 2. The van der Waals surface area contributed by atoms with Crippen molar-refractivity contribution in [3.05, 3.63) is 67.1 Å². The summed E-state index contributed by atoms with van der Waals surface area (Å²) in [6.07, 6.45) is 0. The zero-order valence-electron chi connectivity index (χ0n) is 10.4. The minimum Gasteiger partial charge on any atom is -0.292 e. The van der Waals surface area contributed by atoms with Gasteiger partial charge in [0.15, 0.2) is 5.78 Å². The first kappa shape index (κ1) is 16.3. The van der Waals surface area contributed by atoms with Gasteiger partial charge in [0, 0.05) is 25.1 Å². The quantitative estimate of drug-likeness (QED) is 0.599. The van der Waals surface area contributed by atoms with Gasteiger partial charge in [-0.05, 0) is 35.9 Å². The molecule has 0 radical (unpaired) electrons. The molecule has 6 heteroatoms. The molecule has 0 bridgehead atoms. The maximum atomic E-state index is 12.5. The molecule has 2 rings (SSSR count). The molecular formula is C15H7BrCl3NO. The van der Waals surface area contributed by atoms with Crippen LogP contribution in [0.15, 0.2) is 40.9 Å². The maximum Gasteiger partial charge on any atom is 0.184 e. The molecule has 0 heterocycles. The number of nitrogens with zero attached hydrogens (tertiary/aromatic N) is 1. The Morgan fingerprint density at radius 1 is 1.10 bits per heavy atom. The number of hydrogen-bond acceptors (Lipinski definition) is 2. The lowest BCUT2D eigenvalue weighted by atomic mass is 9.92. The van der Waals surface area contributed by atoms with E-state index < -0.39 is 5.92 Å². The lowest BCUT2D eigenvalue weighted by molar-refractivity contribution is 0.0979. The molecule has 2 nitrogen and oxygen atoms in total. The van der Waals surface area contributed by atoms with Crippen molar-refractivity contribution < 1.29 is 4.79 Å². The van der Waals surface area contributed by atoms with E-state index in [0.29, 0.717) is 25.6 Å². The Labute approximate surface area is 145 Å². The van der Waals surface area contributed by atoms with Crippen molar-refractivity contribution in [2.45, 2.75) is 5.92 Å². The summed E-state index contributed by atoms with van der Waals surface area (Å²) in [7, 11) is 0. The van der Waals surface area contributed by atoms with Crippen molar-refractivity contribution >= 4 is 56.5 Å². The van der Waals surface area contributed by atoms with Crippen LogP contribution in [0, 0.1) is 11.3 Å². The van der Waals surface area contributed by atoms with Gasteiger partial charge in [0.2, 0.25) is 0 Å². The Morgan fingerprint density at radius 3 is 2.38 bits per heavy atom. The first-order valence-electron chi connectivity index (χ1n) is 5.77. The topological polar surface area (TPSA) is 40.9 Å². The summed E-state index contributed by atoms with van der Waals surface area (Å²) in [5, 5.41) is 10.5. The van der Waals surface area contributed by atoms with Gasteiger partial charge in [0.05, 0.1) is 6.07 Å². The summed E-state index contributed by atoms with van der Waals surface area (Å²) < 4.78 is 0.664. The zero-order valence-corrected chi connectivity index (χ0v) is 14.3. The van der Waals surface area contributed by atoms with Crippen molar-refractivity contribution in [2.24, 2.45) is 0 Å². The molecule has 0 aliphatic rings. The standard InChI is InChI=1S/C15H7BrCl3NO/c16-9-3-8(4-11(18)5-9)15(21)13(7-20)12-2-1-10(17)6-14(12)19/h1-6,13H. The van der Waals surface area contributed by atoms with Gasteiger partial charge in [-0.1, -0.05) is 56.8 Å². The summed E-state index contributed by atoms with van der Waals surface area (Å²) in [6, 6.07) is 11.4. The first-order chi connectivity index (χ1) is 9.92. The van der Waals surface area contributed by atoms with Crippen molar-refractivity contribution in [3.63, 3.8) is 0 Å². The molecule has 0 spiro atoms. The molecule has 0 aromatic heterocycles. The lowest BCUT2D eigenvalue weighted by Gasteiger charge is -2.11. The fourth-order valence-corrected chi connectivity index (χ4v) is 3.25. The predicted molar refractivity (Wildman–Crippen MR) is 88.3 cm³/mol. The summed E-state index contributed by atoms with van der Waals surface area (Å²) in [5.41, 5.74) is 0.761. The van der Waals surface area contributed by atoms with Gasteiger partial charge in [-0.3, -0.25) is 4.79 Å². The van der Waals surface area contributed by atoms with Crippen LogP contribution in [0.1, 0.15) is 21.8 Å². The van der Waals surface area contributed by atoms with E-state index in [2.05, 4.69) is 15.9 Å². The molecule has 0 saturated heterocycles. The average molecular weight is 403 g/mol. The van der Waals surface area contributed by atoms with E-state index in [0.717, 1.165) is 0 Å². The minimum absolute atomic E-state index is 0.281. The smallest absolute Gasteiger partial charge is 0.184 e. The van der Waals surface area contributed by atoms with Gasteiger partial charge in [0.1, 0.15) is 5.92 Å². The van der Waals surface area contributed by atoms with E-state index in [9.17, 15) is 10.1 Å². The molecule has 0 fully saturated rings. The van der Waals surface area contributed by atoms with Gasteiger partial charge in [-0.2, -0.15) is 5.26 Å². The average Bonchev–Trinajstić information content (AvgIpc) is 2.40. The van der Waals surface area contributed by atoms with Crippen molar-refractivity contribution in [2.75, 3.05) is 0 Å². The summed E-state index contributed by atoms with van der Waals surface area (Å²) in [6.45, 7) is 0. The molecule has 0 N–H and O–H groups in total. The molecule has 0 aliphatic heterocycles. The number of rotatable bonds is 3. The van der Waals surface area contributed by atoms with Crippen LogP contribution in [-0.2, 0) is 0 Å². The van der Waals surface area contributed by atoms with Crippen LogP contribution < -0.4 is 0 Å². The summed E-state index contributed by atoms with van der Waals surface area (Å²) in [4.78, 5) is 12.5. The SMILES string of the molecule is N#CC(C(=O)c1cc(Cl)cc(Br)c1)c1ccc(Cl)cc1Cl. The zero-order chi connectivity index (χ0) is 15.6. The fourth-order valence-electron chi connectivity index (χ4n) is 1.87. The highest BCUT2D eigenvalue weighted by atomic mass is 79.9. The predicted octanol–water partition coefficient (Wildman–Crippen LogP) is 5.90. The van der Waals surface area contributed by atoms with E-state index >= 15 is 0 Å². The summed E-state index contributed by atoms with van der Waals surface area (Å²) in [5.74, 6) is -1.38. The van der Waals surface area contributed by atoms with Crippen molar-refractivity contribution in [1.82, 2.24) is 0 Å². The Morgan fingerprint density at radius 2 is 1.81 bits per heavy atom. The van der Waals surface area contributed by atoms with Crippen LogP contribution >= 0.6 is 50.7 Å². The van der Waals surface area contributed by atoms with Gasteiger partial charge in [-0.25, -0.2) is 0 Å². The van der Waals surface area contributed by atoms with E-state index in [1.165, 1.54) is 12.1 Å². The third-order valence-electron chi connectivity index (χ3n) is 2.81. The van der Waals surface area contributed by atoms with E-state index in [-0.39, 0.29) is 10.8 Å². The Hall–Kier alpha value is -1.05. The second-order valence-electron chi connectivity index (χ2n) is 4.25. The lowest BCUT2D eigenvalue weighted by Crippen LogP contribution is -2.12. The van der Waals surface area contributed by atoms with Crippen LogP contribution in [0.3, 0.4) is 0 Å². The van der Waals surface area contributed by atoms with Crippen LogP contribution in [-0.4, -0.2) is 5.78 Å². The molecular weight excluding hydrogens is 396 g/mol. The van der Waals surface area contributed by atoms with Gasteiger partial charge in [-0.15, -0.1) is 0 Å². The number of carbonyl (C=O) groups excluding carboxylic acids is 1. The number of hydrogen-bond donors (Lipinski definition) is 0.